The van der Waals surface area contributed by atoms with Gasteiger partial charge in [-0.3, -0.25) is 4.79 Å². The van der Waals surface area contributed by atoms with Crippen LogP contribution >= 0.6 is 11.6 Å². The Labute approximate surface area is 132 Å². The van der Waals surface area contributed by atoms with Crippen molar-refractivity contribution in [3.05, 3.63) is 46.7 Å². The standard InChI is InChI=1S/C14H15ClN4O3/c1-9-5-12(19-22-9)18-13(20)8-17-14(21)16-7-10-3-2-4-11(15)6-10/h2-6H,7-8H2,1H3,(H2,16,17,21)(H,18,19,20). The van der Waals surface area contributed by atoms with Gasteiger partial charge < -0.3 is 20.5 Å². The van der Waals surface area contributed by atoms with Gasteiger partial charge in [-0.1, -0.05) is 28.9 Å². The second kappa shape index (κ2) is 7.46. The minimum Gasteiger partial charge on any atom is -0.360 e. The first-order valence-electron chi connectivity index (χ1n) is 6.52. The molecule has 0 unspecified atom stereocenters. The van der Waals surface area contributed by atoms with E-state index in [1.54, 1.807) is 31.2 Å². The Kier molecular flexibility index (Phi) is 5.37. The van der Waals surface area contributed by atoms with Crippen molar-refractivity contribution >= 4 is 29.4 Å². The normalized spacial score (nSPS) is 10.1. The average molecular weight is 323 g/mol. The molecule has 1 aromatic heterocycles. The number of nitrogens with one attached hydrogen (secondary N) is 3. The highest BCUT2D eigenvalue weighted by Gasteiger charge is 2.08. The number of halogens is 1. The van der Waals surface area contributed by atoms with Crippen molar-refractivity contribution in [1.82, 2.24) is 15.8 Å². The zero-order valence-electron chi connectivity index (χ0n) is 11.9. The summed E-state index contributed by atoms with van der Waals surface area (Å²) in [5, 5.41) is 11.8. The quantitative estimate of drug-likeness (QED) is 0.785. The molecule has 0 radical (unpaired) electrons. The Morgan fingerprint density at radius 1 is 1.27 bits per heavy atom. The number of nitrogens with zero attached hydrogens (tertiary/aromatic N) is 1. The Balaban J connectivity index is 1.70. The lowest BCUT2D eigenvalue weighted by atomic mass is 10.2. The summed E-state index contributed by atoms with van der Waals surface area (Å²) in [5.74, 6) is 0.498. The summed E-state index contributed by atoms with van der Waals surface area (Å²) in [6, 6.07) is 8.27. The molecule has 22 heavy (non-hydrogen) atoms. The van der Waals surface area contributed by atoms with Crippen LogP contribution in [0.4, 0.5) is 10.6 Å². The SMILES string of the molecule is Cc1cc(NC(=O)CNC(=O)NCc2cccc(Cl)c2)no1. The first-order chi connectivity index (χ1) is 10.5. The topological polar surface area (TPSA) is 96.3 Å². The van der Waals surface area contributed by atoms with E-state index in [4.69, 9.17) is 16.1 Å². The number of hydrogen-bond donors (Lipinski definition) is 3. The maximum Gasteiger partial charge on any atom is 0.315 e. The van der Waals surface area contributed by atoms with Gasteiger partial charge in [0, 0.05) is 17.6 Å². The van der Waals surface area contributed by atoms with Gasteiger partial charge in [0.1, 0.15) is 5.76 Å². The molecule has 0 aliphatic rings. The number of hydrogen-bond acceptors (Lipinski definition) is 4. The fourth-order valence-corrected chi connectivity index (χ4v) is 1.88. The van der Waals surface area contributed by atoms with Crippen molar-refractivity contribution in [2.45, 2.75) is 13.5 Å². The van der Waals surface area contributed by atoms with Crippen LogP contribution in [0.2, 0.25) is 5.02 Å². The predicted molar refractivity (Wildman–Crippen MR) is 81.6 cm³/mol. The lowest BCUT2D eigenvalue weighted by Crippen LogP contribution is -2.39. The minimum atomic E-state index is -0.452. The molecular formula is C14H15ClN4O3. The highest BCUT2D eigenvalue weighted by atomic mass is 35.5. The largest absolute Gasteiger partial charge is 0.360 e. The Morgan fingerprint density at radius 3 is 2.77 bits per heavy atom. The maximum absolute atomic E-state index is 11.6. The predicted octanol–water partition coefficient (Wildman–Crippen LogP) is 2.07. The second-order valence-corrected chi connectivity index (χ2v) is 4.97. The number of carbonyl (C=O) groups excluding carboxylic acids is 2. The molecule has 0 spiro atoms. The van der Waals surface area contributed by atoms with E-state index < -0.39 is 11.9 Å². The molecule has 8 heteroatoms. The van der Waals surface area contributed by atoms with E-state index >= 15 is 0 Å². The third-order valence-electron chi connectivity index (χ3n) is 2.65. The van der Waals surface area contributed by atoms with Gasteiger partial charge in [0.2, 0.25) is 5.91 Å². The molecule has 2 rings (SSSR count). The summed E-state index contributed by atoms with van der Waals surface area (Å²) < 4.78 is 4.81. The first-order valence-corrected chi connectivity index (χ1v) is 6.90. The Morgan fingerprint density at radius 2 is 2.09 bits per heavy atom. The van der Waals surface area contributed by atoms with Crippen LogP contribution in [-0.2, 0) is 11.3 Å². The van der Waals surface area contributed by atoms with Gasteiger partial charge in [-0.05, 0) is 24.6 Å². The van der Waals surface area contributed by atoms with Gasteiger partial charge in [0.25, 0.3) is 0 Å². The van der Waals surface area contributed by atoms with E-state index in [1.165, 1.54) is 0 Å². The number of benzene rings is 1. The number of urea groups is 1. The molecule has 3 N–H and O–H groups in total. The molecule has 0 saturated carbocycles. The summed E-state index contributed by atoms with van der Waals surface area (Å²) in [5.41, 5.74) is 0.866. The fraction of sp³-hybridized carbons (Fsp3) is 0.214. The van der Waals surface area contributed by atoms with E-state index in [9.17, 15) is 9.59 Å². The average Bonchev–Trinajstić information content (AvgIpc) is 2.88. The molecule has 0 bridgehead atoms. The Bertz CT molecular complexity index is 672. The van der Waals surface area contributed by atoms with E-state index in [2.05, 4.69) is 21.1 Å². The van der Waals surface area contributed by atoms with Gasteiger partial charge in [-0.15, -0.1) is 0 Å². The lowest BCUT2D eigenvalue weighted by Gasteiger charge is -2.07. The fourth-order valence-electron chi connectivity index (χ4n) is 1.66. The highest BCUT2D eigenvalue weighted by molar-refractivity contribution is 6.30. The molecule has 7 nitrogen and oxygen atoms in total. The number of rotatable bonds is 5. The summed E-state index contributed by atoms with van der Waals surface area (Å²) in [7, 11) is 0. The van der Waals surface area contributed by atoms with Crippen LogP contribution in [0, 0.1) is 6.92 Å². The third kappa shape index (κ3) is 5.10. The zero-order chi connectivity index (χ0) is 15.9. The molecular weight excluding hydrogens is 308 g/mol. The monoisotopic (exact) mass is 322 g/mol. The zero-order valence-corrected chi connectivity index (χ0v) is 12.6. The molecule has 0 fully saturated rings. The number of aromatic nitrogens is 1. The molecule has 1 aromatic carbocycles. The first kappa shape index (κ1) is 15.8. The molecule has 0 aliphatic carbocycles. The van der Waals surface area contributed by atoms with Crippen LogP contribution in [0.25, 0.3) is 0 Å². The van der Waals surface area contributed by atoms with E-state index in [0.717, 1.165) is 5.56 Å². The molecule has 0 aliphatic heterocycles. The van der Waals surface area contributed by atoms with Gasteiger partial charge in [-0.2, -0.15) is 0 Å². The Hall–Kier alpha value is -2.54. The smallest absolute Gasteiger partial charge is 0.315 e. The highest BCUT2D eigenvalue weighted by Crippen LogP contribution is 2.10. The molecule has 2 aromatic rings. The van der Waals surface area contributed by atoms with Crippen molar-refractivity contribution in [1.29, 1.82) is 0 Å². The second-order valence-electron chi connectivity index (χ2n) is 4.54. The van der Waals surface area contributed by atoms with E-state index in [1.807, 2.05) is 6.07 Å². The van der Waals surface area contributed by atoms with Crippen LogP contribution in [0.15, 0.2) is 34.9 Å². The van der Waals surface area contributed by atoms with E-state index in [0.29, 0.717) is 23.1 Å². The van der Waals surface area contributed by atoms with Crippen LogP contribution in [0.5, 0.6) is 0 Å². The summed E-state index contributed by atoms with van der Waals surface area (Å²) >= 11 is 5.85. The summed E-state index contributed by atoms with van der Waals surface area (Å²) in [6.07, 6.45) is 0. The van der Waals surface area contributed by atoms with Crippen LogP contribution in [0.1, 0.15) is 11.3 Å². The van der Waals surface area contributed by atoms with Crippen LogP contribution < -0.4 is 16.0 Å². The summed E-state index contributed by atoms with van der Waals surface area (Å²) in [6.45, 7) is 1.86. The van der Waals surface area contributed by atoms with Crippen molar-refractivity contribution in [2.24, 2.45) is 0 Å². The van der Waals surface area contributed by atoms with Crippen LogP contribution in [-0.4, -0.2) is 23.6 Å². The van der Waals surface area contributed by atoms with Crippen LogP contribution in [0.3, 0.4) is 0 Å². The van der Waals surface area contributed by atoms with Gasteiger partial charge in [0.05, 0.1) is 6.54 Å². The third-order valence-corrected chi connectivity index (χ3v) is 2.88. The van der Waals surface area contributed by atoms with Gasteiger partial charge in [-0.25, -0.2) is 4.79 Å². The number of amides is 3. The lowest BCUT2D eigenvalue weighted by molar-refractivity contribution is -0.115. The molecule has 3 amide bonds. The van der Waals surface area contributed by atoms with Gasteiger partial charge >= 0.3 is 6.03 Å². The van der Waals surface area contributed by atoms with Crippen molar-refractivity contribution in [2.75, 3.05) is 11.9 Å². The molecule has 0 atom stereocenters. The minimum absolute atomic E-state index is 0.173. The molecule has 1 heterocycles. The summed E-state index contributed by atoms with van der Waals surface area (Å²) in [4.78, 5) is 23.2. The number of aryl methyl sites for hydroxylation is 1. The van der Waals surface area contributed by atoms with E-state index in [-0.39, 0.29) is 6.54 Å². The van der Waals surface area contributed by atoms with Gasteiger partial charge in [0.15, 0.2) is 5.82 Å². The molecule has 0 saturated heterocycles. The van der Waals surface area contributed by atoms with Crippen molar-refractivity contribution < 1.29 is 14.1 Å². The number of carbonyl (C=O) groups is 2. The number of anilines is 1. The molecule has 116 valence electrons. The maximum atomic E-state index is 11.6. The van der Waals surface area contributed by atoms with Crippen molar-refractivity contribution in [3.63, 3.8) is 0 Å². The van der Waals surface area contributed by atoms with Crippen molar-refractivity contribution in [3.8, 4) is 0 Å².